The summed E-state index contributed by atoms with van der Waals surface area (Å²) in [7, 11) is -0.551. The number of benzene rings is 2. The number of halogens is 1. The predicted octanol–water partition coefficient (Wildman–Crippen LogP) is 2.63. The highest BCUT2D eigenvalue weighted by Gasteiger charge is 2.17. The molecule has 23 heavy (non-hydrogen) atoms. The van der Waals surface area contributed by atoms with Gasteiger partial charge < -0.3 is 5.32 Å². The number of hydrogen-bond donors (Lipinski definition) is 1. The zero-order valence-electron chi connectivity index (χ0n) is 12.8. The minimum absolute atomic E-state index is 0.158. The van der Waals surface area contributed by atoms with E-state index in [0.717, 1.165) is 14.3 Å². The molecule has 0 atom stereocenters. The lowest BCUT2D eigenvalue weighted by molar-refractivity contribution is 0.0951. The Kier molecular flexibility index (Phi) is 5.56. The number of sulfonamides is 1. The summed E-state index contributed by atoms with van der Waals surface area (Å²) in [5.74, 6) is -0.251. The molecular weight excluding hydrogens is 380 g/mol. The molecule has 0 aromatic heterocycles. The minimum atomic E-state index is -3.48. The topological polar surface area (TPSA) is 66.5 Å². The van der Waals surface area contributed by atoms with Crippen LogP contribution in [0, 0.1) is 0 Å². The first-order valence-corrected chi connectivity index (χ1v) is 9.09. The number of rotatable bonds is 5. The van der Waals surface area contributed by atoms with Gasteiger partial charge in [-0.05, 0) is 42.0 Å². The molecule has 0 unspecified atom stereocenters. The summed E-state index contributed by atoms with van der Waals surface area (Å²) in [5, 5.41) is 2.80. The third-order valence-corrected chi connectivity index (χ3v) is 5.56. The average molecular weight is 397 g/mol. The molecule has 0 aliphatic rings. The van der Waals surface area contributed by atoms with Crippen LogP contribution in [-0.2, 0) is 16.6 Å². The Bertz CT molecular complexity index is 802. The van der Waals surface area contributed by atoms with Gasteiger partial charge in [0.25, 0.3) is 5.91 Å². The predicted molar refractivity (Wildman–Crippen MR) is 92.6 cm³/mol. The third kappa shape index (κ3) is 4.40. The molecule has 2 rings (SSSR count). The van der Waals surface area contributed by atoms with Crippen molar-refractivity contribution in [3.63, 3.8) is 0 Å². The normalized spacial score (nSPS) is 11.5. The lowest BCUT2D eigenvalue weighted by atomic mass is 10.2. The monoisotopic (exact) mass is 396 g/mol. The van der Waals surface area contributed by atoms with E-state index in [9.17, 15) is 13.2 Å². The first kappa shape index (κ1) is 17.7. The molecule has 0 heterocycles. The highest BCUT2D eigenvalue weighted by molar-refractivity contribution is 9.10. The molecule has 0 bridgehead atoms. The second kappa shape index (κ2) is 7.25. The second-order valence-electron chi connectivity index (χ2n) is 5.12. The summed E-state index contributed by atoms with van der Waals surface area (Å²) in [5.41, 5.74) is 1.39. The van der Waals surface area contributed by atoms with Gasteiger partial charge in [-0.25, -0.2) is 12.7 Å². The molecule has 2 aromatic rings. The van der Waals surface area contributed by atoms with E-state index in [1.807, 2.05) is 24.3 Å². The molecule has 2 aromatic carbocycles. The second-order valence-corrected chi connectivity index (χ2v) is 8.19. The Morgan fingerprint density at radius 3 is 2.35 bits per heavy atom. The van der Waals surface area contributed by atoms with Crippen LogP contribution in [0.5, 0.6) is 0 Å². The van der Waals surface area contributed by atoms with E-state index in [2.05, 4.69) is 21.2 Å². The number of hydrogen-bond acceptors (Lipinski definition) is 3. The van der Waals surface area contributed by atoms with Gasteiger partial charge in [0.1, 0.15) is 0 Å². The molecule has 5 nitrogen and oxygen atoms in total. The van der Waals surface area contributed by atoms with Crippen molar-refractivity contribution in [3.8, 4) is 0 Å². The quantitative estimate of drug-likeness (QED) is 0.844. The van der Waals surface area contributed by atoms with Gasteiger partial charge in [0.2, 0.25) is 10.0 Å². The number of nitrogens with zero attached hydrogens (tertiary/aromatic N) is 1. The first-order chi connectivity index (χ1) is 10.8. The van der Waals surface area contributed by atoms with Crippen LogP contribution in [0.3, 0.4) is 0 Å². The molecule has 122 valence electrons. The van der Waals surface area contributed by atoms with Gasteiger partial charge in [-0.3, -0.25) is 4.79 Å². The molecule has 0 saturated heterocycles. The van der Waals surface area contributed by atoms with Crippen molar-refractivity contribution in [1.82, 2.24) is 9.62 Å². The van der Waals surface area contributed by atoms with Crippen molar-refractivity contribution in [2.24, 2.45) is 0 Å². The van der Waals surface area contributed by atoms with Gasteiger partial charge in [-0.15, -0.1) is 0 Å². The zero-order valence-corrected chi connectivity index (χ0v) is 15.2. The van der Waals surface area contributed by atoms with Crippen LogP contribution >= 0.6 is 15.9 Å². The van der Waals surface area contributed by atoms with E-state index >= 15 is 0 Å². The van der Waals surface area contributed by atoms with E-state index in [0.29, 0.717) is 12.1 Å². The molecule has 0 fully saturated rings. The Balaban J connectivity index is 2.06. The maximum atomic E-state index is 12.1. The van der Waals surface area contributed by atoms with Crippen LogP contribution in [-0.4, -0.2) is 32.7 Å². The van der Waals surface area contributed by atoms with E-state index in [1.165, 1.54) is 38.4 Å². The van der Waals surface area contributed by atoms with Gasteiger partial charge in [-0.1, -0.05) is 28.1 Å². The summed E-state index contributed by atoms with van der Waals surface area (Å²) in [4.78, 5) is 12.3. The van der Waals surface area contributed by atoms with Crippen molar-refractivity contribution in [2.45, 2.75) is 11.4 Å². The third-order valence-electron chi connectivity index (χ3n) is 3.24. The van der Waals surface area contributed by atoms with Gasteiger partial charge >= 0.3 is 0 Å². The van der Waals surface area contributed by atoms with E-state index < -0.39 is 10.0 Å². The van der Waals surface area contributed by atoms with Gasteiger partial charge in [0.05, 0.1) is 4.90 Å². The van der Waals surface area contributed by atoms with Crippen molar-refractivity contribution in [3.05, 3.63) is 64.1 Å². The number of carbonyl (C=O) groups is 1. The fourth-order valence-corrected chi connectivity index (χ4v) is 3.27. The van der Waals surface area contributed by atoms with Gasteiger partial charge in [0.15, 0.2) is 0 Å². The molecule has 1 amide bonds. The number of amides is 1. The van der Waals surface area contributed by atoms with Crippen LogP contribution in [0.1, 0.15) is 15.9 Å². The Morgan fingerprint density at radius 2 is 1.78 bits per heavy atom. The van der Waals surface area contributed by atoms with E-state index in [-0.39, 0.29) is 10.8 Å². The van der Waals surface area contributed by atoms with Crippen LogP contribution in [0.25, 0.3) is 0 Å². The SMILES string of the molecule is CN(C)S(=O)(=O)c1ccc(C(=O)NCc2cccc(Br)c2)cc1. The highest BCUT2D eigenvalue weighted by Crippen LogP contribution is 2.14. The van der Waals surface area contributed by atoms with Crippen LogP contribution in [0.4, 0.5) is 0 Å². The largest absolute Gasteiger partial charge is 0.348 e. The molecule has 7 heteroatoms. The Labute approximate surface area is 144 Å². The van der Waals surface area contributed by atoms with Crippen LogP contribution in [0.15, 0.2) is 57.9 Å². The summed E-state index contributed by atoms with van der Waals surface area (Å²) < 4.78 is 26.0. The van der Waals surface area contributed by atoms with Gasteiger partial charge in [0, 0.05) is 30.7 Å². The van der Waals surface area contributed by atoms with E-state index in [4.69, 9.17) is 0 Å². The van der Waals surface area contributed by atoms with Gasteiger partial charge in [-0.2, -0.15) is 0 Å². The lowest BCUT2D eigenvalue weighted by Crippen LogP contribution is -2.24. The van der Waals surface area contributed by atoms with Crippen molar-refractivity contribution < 1.29 is 13.2 Å². The number of carbonyl (C=O) groups excluding carboxylic acids is 1. The highest BCUT2D eigenvalue weighted by atomic mass is 79.9. The molecule has 0 aliphatic carbocycles. The van der Waals surface area contributed by atoms with Crippen molar-refractivity contribution in [2.75, 3.05) is 14.1 Å². The minimum Gasteiger partial charge on any atom is -0.348 e. The molecule has 0 spiro atoms. The van der Waals surface area contributed by atoms with Crippen LogP contribution in [0.2, 0.25) is 0 Å². The molecular formula is C16H17BrN2O3S. The molecule has 0 radical (unpaired) electrons. The summed E-state index contributed by atoms with van der Waals surface area (Å²) in [6.45, 7) is 0.399. The summed E-state index contributed by atoms with van der Waals surface area (Å²) >= 11 is 3.38. The number of nitrogens with one attached hydrogen (secondary N) is 1. The average Bonchev–Trinajstić information content (AvgIpc) is 2.52. The molecule has 1 N–H and O–H groups in total. The fourth-order valence-electron chi connectivity index (χ4n) is 1.92. The Morgan fingerprint density at radius 1 is 1.13 bits per heavy atom. The molecule has 0 saturated carbocycles. The van der Waals surface area contributed by atoms with Crippen molar-refractivity contribution in [1.29, 1.82) is 0 Å². The smallest absolute Gasteiger partial charge is 0.251 e. The summed E-state index contributed by atoms with van der Waals surface area (Å²) in [6, 6.07) is 13.5. The molecule has 0 aliphatic heterocycles. The van der Waals surface area contributed by atoms with E-state index in [1.54, 1.807) is 0 Å². The van der Waals surface area contributed by atoms with Crippen LogP contribution < -0.4 is 5.32 Å². The maximum absolute atomic E-state index is 12.1. The fraction of sp³-hybridized carbons (Fsp3) is 0.188. The standard InChI is InChI=1S/C16H17BrN2O3S/c1-19(2)23(21,22)15-8-6-13(7-9-15)16(20)18-11-12-4-3-5-14(17)10-12/h3-10H,11H2,1-2H3,(H,18,20). The zero-order chi connectivity index (χ0) is 17.0. The first-order valence-electron chi connectivity index (χ1n) is 6.86. The lowest BCUT2D eigenvalue weighted by Gasteiger charge is -2.11. The summed E-state index contributed by atoms with van der Waals surface area (Å²) in [6.07, 6.45) is 0. The maximum Gasteiger partial charge on any atom is 0.251 e. The van der Waals surface area contributed by atoms with Crippen molar-refractivity contribution >= 4 is 31.9 Å². The Hall–Kier alpha value is -1.70.